The summed E-state index contributed by atoms with van der Waals surface area (Å²) in [4.78, 5) is 18.9. The van der Waals surface area contributed by atoms with Gasteiger partial charge in [0.25, 0.3) is 5.56 Å². The zero-order valence-electron chi connectivity index (χ0n) is 11.8. The topological polar surface area (TPSA) is 87.2 Å². The first-order chi connectivity index (χ1) is 9.06. The van der Waals surface area contributed by atoms with E-state index in [9.17, 15) is 4.79 Å². The number of nitrogens with zero attached hydrogens (tertiary/aromatic N) is 1. The molecule has 0 aliphatic carbocycles. The van der Waals surface area contributed by atoms with Crippen LogP contribution in [0.15, 0.2) is 4.79 Å². The Kier molecular flexibility index (Phi) is 6.69. The van der Waals surface area contributed by atoms with E-state index in [1.54, 1.807) is 6.92 Å². The van der Waals surface area contributed by atoms with Gasteiger partial charge in [-0.05, 0) is 33.7 Å². The molecule has 108 valence electrons. The first-order valence-electron chi connectivity index (χ1n) is 6.55. The van der Waals surface area contributed by atoms with E-state index in [2.05, 4.69) is 15.3 Å². The third-order valence-electron chi connectivity index (χ3n) is 2.85. The van der Waals surface area contributed by atoms with Crippen LogP contribution in [0.3, 0.4) is 0 Å². The number of aliphatic hydroxyl groups is 1. The molecule has 19 heavy (non-hydrogen) atoms. The summed E-state index contributed by atoms with van der Waals surface area (Å²) in [6.07, 6.45) is 0.834. The van der Waals surface area contributed by atoms with Crippen LogP contribution in [-0.2, 0) is 4.74 Å². The van der Waals surface area contributed by atoms with E-state index in [1.807, 2.05) is 13.8 Å². The van der Waals surface area contributed by atoms with Crippen molar-refractivity contribution < 1.29 is 9.84 Å². The van der Waals surface area contributed by atoms with Crippen LogP contribution in [0.2, 0.25) is 0 Å². The molecule has 1 heterocycles. The monoisotopic (exact) mass is 269 g/mol. The van der Waals surface area contributed by atoms with Crippen LogP contribution in [0, 0.1) is 13.8 Å². The zero-order chi connectivity index (χ0) is 14.3. The Morgan fingerprint density at radius 1 is 1.42 bits per heavy atom. The van der Waals surface area contributed by atoms with Crippen LogP contribution in [0.25, 0.3) is 0 Å². The van der Waals surface area contributed by atoms with Crippen molar-refractivity contribution in [3.05, 3.63) is 27.4 Å². The summed E-state index contributed by atoms with van der Waals surface area (Å²) >= 11 is 0. The van der Waals surface area contributed by atoms with Crippen molar-refractivity contribution in [2.75, 3.05) is 26.4 Å². The summed E-state index contributed by atoms with van der Waals surface area (Å²) in [6.45, 7) is 7.34. The molecule has 0 saturated heterocycles. The number of aromatic amines is 1. The van der Waals surface area contributed by atoms with Gasteiger partial charge in [-0.25, -0.2) is 4.98 Å². The molecule has 0 amide bonds. The van der Waals surface area contributed by atoms with Crippen molar-refractivity contribution in [1.29, 1.82) is 0 Å². The minimum absolute atomic E-state index is 0.0466. The second kappa shape index (κ2) is 8.04. The summed E-state index contributed by atoms with van der Waals surface area (Å²) < 4.78 is 5.16. The molecule has 1 aromatic heterocycles. The second-order valence-corrected chi connectivity index (χ2v) is 4.52. The lowest BCUT2D eigenvalue weighted by Gasteiger charge is -2.15. The van der Waals surface area contributed by atoms with Crippen molar-refractivity contribution in [3.8, 4) is 0 Å². The summed E-state index contributed by atoms with van der Waals surface area (Å²) in [7, 11) is 0. The average Bonchev–Trinajstić information content (AvgIpc) is 2.32. The van der Waals surface area contributed by atoms with E-state index in [4.69, 9.17) is 9.84 Å². The van der Waals surface area contributed by atoms with Crippen LogP contribution < -0.4 is 10.9 Å². The van der Waals surface area contributed by atoms with E-state index >= 15 is 0 Å². The molecule has 0 radical (unpaired) electrons. The summed E-state index contributed by atoms with van der Waals surface area (Å²) in [5, 5.41) is 11.8. The van der Waals surface area contributed by atoms with Crippen molar-refractivity contribution in [2.45, 2.75) is 33.2 Å². The maximum Gasteiger partial charge on any atom is 0.255 e. The Labute approximate surface area is 113 Å². The smallest absolute Gasteiger partial charge is 0.255 e. The van der Waals surface area contributed by atoms with Gasteiger partial charge < -0.3 is 20.1 Å². The highest BCUT2D eigenvalue weighted by atomic mass is 16.5. The molecule has 0 aliphatic rings. The van der Waals surface area contributed by atoms with E-state index in [-0.39, 0.29) is 18.2 Å². The number of aliphatic hydroxyl groups excluding tert-OH is 1. The van der Waals surface area contributed by atoms with E-state index < -0.39 is 0 Å². The van der Waals surface area contributed by atoms with Crippen molar-refractivity contribution in [3.63, 3.8) is 0 Å². The number of ether oxygens (including phenoxy) is 1. The fourth-order valence-electron chi connectivity index (χ4n) is 2.01. The summed E-state index contributed by atoms with van der Waals surface area (Å²) in [5.74, 6) is 0.635. The normalized spacial score (nSPS) is 12.6. The lowest BCUT2D eigenvalue weighted by molar-refractivity contribution is 0.0904. The second-order valence-electron chi connectivity index (χ2n) is 4.52. The van der Waals surface area contributed by atoms with Crippen LogP contribution in [0.5, 0.6) is 0 Å². The molecule has 1 unspecified atom stereocenters. The Bertz CT molecular complexity index is 445. The minimum atomic E-state index is -0.0819. The first-order valence-corrected chi connectivity index (χ1v) is 6.55. The van der Waals surface area contributed by atoms with Gasteiger partial charge in [0.15, 0.2) is 0 Å². The maximum absolute atomic E-state index is 11.9. The Hall–Kier alpha value is -1.24. The molecule has 0 bridgehead atoms. The molecule has 6 nitrogen and oxygen atoms in total. The third kappa shape index (κ3) is 5.10. The highest BCUT2D eigenvalue weighted by Crippen LogP contribution is 2.10. The molecule has 0 fully saturated rings. The predicted octanol–water partition coefficient (Wildman–Crippen LogP) is 0.436. The Balaban J connectivity index is 2.46. The number of aryl methyl sites for hydroxylation is 2. The molecule has 0 aliphatic heterocycles. The van der Waals surface area contributed by atoms with E-state index in [0.717, 1.165) is 18.7 Å². The number of aromatic nitrogens is 2. The van der Waals surface area contributed by atoms with Gasteiger partial charge in [-0.15, -0.1) is 0 Å². The van der Waals surface area contributed by atoms with Crippen molar-refractivity contribution in [2.24, 2.45) is 0 Å². The molecule has 0 aromatic carbocycles. The van der Waals surface area contributed by atoms with Gasteiger partial charge in [-0.2, -0.15) is 0 Å². The van der Waals surface area contributed by atoms with E-state index in [1.165, 1.54) is 0 Å². The Morgan fingerprint density at radius 3 is 2.79 bits per heavy atom. The van der Waals surface area contributed by atoms with Gasteiger partial charge in [0.05, 0.1) is 18.8 Å². The number of H-pyrrole nitrogens is 1. The standard InChI is InChI=1S/C13H23N3O3/c1-9(14-5-4-7-19-8-6-17)12-10(2)15-11(3)16-13(12)18/h9,14,17H,4-8H2,1-3H3,(H,15,16,18). The van der Waals surface area contributed by atoms with Crippen LogP contribution in [-0.4, -0.2) is 41.4 Å². The summed E-state index contributed by atoms with van der Waals surface area (Å²) in [6, 6.07) is -0.0466. The Morgan fingerprint density at radius 2 is 2.16 bits per heavy atom. The lowest BCUT2D eigenvalue weighted by Crippen LogP contribution is -2.29. The first kappa shape index (κ1) is 15.8. The molecular formula is C13H23N3O3. The quantitative estimate of drug-likeness (QED) is 0.596. The van der Waals surface area contributed by atoms with Gasteiger partial charge in [-0.1, -0.05) is 0 Å². The molecule has 0 saturated carbocycles. The lowest BCUT2D eigenvalue weighted by atomic mass is 10.1. The van der Waals surface area contributed by atoms with E-state index in [0.29, 0.717) is 24.6 Å². The number of hydrogen-bond acceptors (Lipinski definition) is 5. The fourth-order valence-corrected chi connectivity index (χ4v) is 2.01. The minimum Gasteiger partial charge on any atom is -0.394 e. The number of hydrogen-bond donors (Lipinski definition) is 3. The maximum atomic E-state index is 11.9. The average molecular weight is 269 g/mol. The zero-order valence-corrected chi connectivity index (χ0v) is 11.8. The highest BCUT2D eigenvalue weighted by molar-refractivity contribution is 5.19. The molecule has 0 spiro atoms. The number of nitrogens with one attached hydrogen (secondary N) is 2. The molecule has 3 N–H and O–H groups in total. The van der Waals surface area contributed by atoms with Crippen LogP contribution in [0.1, 0.15) is 36.5 Å². The van der Waals surface area contributed by atoms with Crippen molar-refractivity contribution in [1.82, 2.24) is 15.3 Å². The van der Waals surface area contributed by atoms with Gasteiger partial charge in [0, 0.05) is 18.3 Å². The molecule has 1 atom stereocenters. The molecular weight excluding hydrogens is 246 g/mol. The van der Waals surface area contributed by atoms with Gasteiger partial charge in [0.2, 0.25) is 0 Å². The molecule has 1 rings (SSSR count). The molecule has 6 heteroatoms. The van der Waals surface area contributed by atoms with Gasteiger partial charge in [-0.3, -0.25) is 4.79 Å². The largest absolute Gasteiger partial charge is 0.394 e. The van der Waals surface area contributed by atoms with Crippen LogP contribution >= 0.6 is 0 Å². The third-order valence-corrected chi connectivity index (χ3v) is 2.85. The fraction of sp³-hybridized carbons (Fsp3) is 0.692. The van der Waals surface area contributed by atoms with Crippen molar-refractivity contribution >= 4 is 0 Å². The molecule has 1 aromatic rings. The number of rotatable bonds is 8. The van der Waals surface area contributed by atoms with Gasteiger partial charge >= 0.3 is 0 Å². The predicted molar refractivity (Wildman–Crippen MR) is 73.3 cm³/mol. The van der Waals surface area contributed by atoms with Crippen LogP contribution in [0.4, 0.5) is 0 Å². The summed E-state index contributed by atoms with van der Waals surface area (Å²) in [5.41, 5.74) is 1.36. The SMILES string of the molecule is Cc1nc(C)c(C(C)NCCCOCCO)c(=O)[nH]1. The van der Waals surface area contributed by atoms with Gasteiger partial charge in [0.1, 0.15) is 5.82 Å². The highest BCUT2D eigenvalue weighted by Gasteiger charge is 2.13.